The van der Waals surface area contributed by atoms with Gasteiger partial charge < -0.3 is 10.2 Å². The number of aromatic nitrogens is 4. The van der Waals surface area contributed by atoms with Gasteiger partial charge in [-0.1, -0.05) is 0 Å². The second-order valence-corrected chi connectivity index (χ2v) is 6.50. The maximum absolute atomic E-state index is 12.8. The third-order valence-corrected chi connectivity index (χ3v) is 4.73. The van der Waals surface area contributed by atoms with Gasteiger partial charge >= 0.3 is 5.69 Å². The fourth-order valence-corrected chi connectivity index (χ4v) is 3.18. The molecule has 2 aromatic rings. The Hall–Kier alpha value is -3.24. The van der Waals surface area contributed by atoms with E-state index >= 15 is 0 Å². The highest BCUT2D eigenvalue weighted by Gasteiger charge is 2.31. The van der Waals surface area contributed by atoms with Crippen molar-refractivity contribution in [2.75, 3.05) is 18.4 Å². The Morgan fingerprint density at radius 3 is 2.48 bits per heavy atom. The van der Waals surface area contributed by atoms with Crippen LogP contribution in [-0.4, -0.2) is 54.3 Å². The number of aryl methyl sites for hydroxylation is 2. The third kappa shape index (κ3) is 3.39. The molecule has 0 unspecified atom stereocenters. The first kappa shape index (κ1) is 18.5. The maximum atomic E-state index is 12.8. The largest absolute Gasteiger partial charge is 0.337 e. The summed E-state index contributed by atoms with van der Waals surface area (Å²) in [6.07, 6.45) is 4.31. The molecule has 1 aliphatic heterocycles. The molecule has 1 saturated heterocycles. The monoisotopic (exact) mass is 375 g/mol. The number of rotatable bonds is 4. The summed E-state index contributed by atoms with van der Waals surface area (Å²) < 4.78 is 2.67. The van der Waals surface area contributed by atoms with Crippen molar-refractivity contribution >= 4 is 23.2 Å². The van der Waals surface area contributed by atoms with E-state index in [9.17, 15) is 19.7 Å². The van der Waals surface area contributed by atoms with Crippen LogP contribution in [0.5, 0.6) is 0 Å². The van der Waals surface area contributed by atoms with Gasteiger partial charge in [-0.3, -0.25) is 29.1 Å². The number of carbonyl (C=O) groups is 2. The van der Waals surface area contributed by atoms with E-state index in [-0.39, 0.29) is 34.4 Å². The third-order valence-electron chi connectivity index (χ3n) is 4.73. The van der Waals surface area contributed by atoms with Gasteiger partial charge in [0.15, 0.2) is 0 Å². The summed E-state index contributed by atoms with van der Waals surface area (Å²) in [5, 5.41) is 21.8. The van der Waals surface area contributed by atoms with Gasteiger partial charge in [-0.2, -0.15) is 10.2 Å². The van der Waals surface area contributed by atoms with Crippen molar-refractivity contribution < 1.29 is 14.5 Å². The van der Waals surface area contributed by atoms with E-state index in [2.05, 4.69) is 15.5 Å². The molecule has 1 aliphatic rings. The van der Waals surface area contributed by atoms with Crippen molar-refractivity contribution in [1.82, 2.24) is 24.5 Å². The molecule has 2 aromatic heterocycles. The standard InChI is InChI=1S/C16H21N7O4/c1-10-13(23(26)27)12(19-20(10)2)15(24)18-11-9-17-21(3)14(11)16(25)22-7-5-4-6-8-22/h9H,4-8H2,1-3H3,(H,18,24). The fraction of sp³-hybridized carbons (Fsp3) is 0.500. The van der Waals surface area contributed by atoms with Crippen molar-refractivity contribution in [3.8, 4) is 0 Å². The smallest absolute Gasteiger partial charge is 0.322 e. The molecule has 1 fully saturated rings. The minimum atomic E-state index is -0.758. The average molecular weight is 375 g/mol. The number of carbonyl (C=O) groups excluding carboxylic acids is 2. The molecule has 144 valence electrons. The normalized spacial score (nSPS) is 14.3. The number of nitro groups is 1. The number of hydrogen-bond donors (Lipinski definition) is 1. The van der Waals surface area contributed by atoms with Crippen LogP contribution in [0.1, 0.15) is 45.9 Å². The first-order valence-electron chi connectivity index (χ1n) is 8.62. The highest BCUT2D eigenvalue weighted by atomic mass is 16.6. The van der Waals surface area contributed by atoms with Gasteiger partial charge in [-0.05, 0) is 26.2 Å². The Morgan fingerprint density at radius 2 is 1.85 bits per heavy atom. The molecule has 0 aliphatic carbocycles. The summed E-state index contributed by atoms with van der Waals surface area (Å²) in [6, 6.07) is 0. The molecule has 11 heteroatoms. The van der Waals surface area contributed by atoms with Crippen molar-refractivity contribution in [2.45, 2.75) is 26.2 Å². The summed E-state index contributed by atoms with van der Waals surface area (Å²) >= 11 is 0. The number of anilines is 1. The summed E-state index contributed by atoms with van der Waals surface area (Å²) in [6.45, 7) is 2.82. The molecule has 27 heavy (non-hydrogen) atoms. The second kappa shape index (κ2) is 7.17. The minimum Gasteiger partial charge on any atom is -0.337 e. The van der Waals surface area contributed by atoms with Crippen molar-refractivity contribution in [2.24, 2.45) is 14.1 Å². The molecule has 11 nitrogen and oxygen atoms in total. The Kier molecular flexibility index (Phi) is 4.93. The van der Waals surface area contributed by atoms with Crippen LogP contribution < -0.4 is 5.32 Å². The van der Waals surface area contributed by atoms with E-state index in [1.807, 2.05) is 0 Å². The zero-order valence-electron chi connectivity index (χ0n) is 15.4. The highest BCUT2D eigenvalue weighted by molar-refractivity contribution is 6.09. The second-order valence-electron chi connectivity index (χ2n) is 6.50. The molecule has 0 radical (unpaired) electrons. The summed E-state index contributed by atoms with van der Waals surface area (Å²) in [5.41, 5.74) is 0.0419. The summed E-state index contributed by atoms with van der Waals surface area (Å²) in [4.78, 5) is 37.8. The zero-order valence-corrected chi connectivity index (χ0v) is 15.4. The maximum Gasteiger partial charge on any atom is 0.322 e. The SMILES string of the molecule is Cc1c([N+](=O)[O-])c(C(=O)Nc2cnn(C)c2C(=O)N2CCCCC2)nn1C. The Morgan fingerprint density at radius 1 is 1.19 bits per heavy atom. The number of likely N-dealkylation sites (tertiary alicyclic amines) is 1. The van der Waals surface area contributed by atoms with E-state index in [4.69, 9.17) is 0 Å². The first-order chi connectivity index (χ1) is 12.8. The lowest BCUT2D eigenvalue weighted by Gasteiger charge is -2.26. The molecule has 0 bridgehead atoms. The first-order valence-corrected chi connectivity index (χ1v) is 8.62. The molecule has 0 saturated carbocycles. The van der Waals surface area contributed by atoms with E-state index in [1.54, 1.807) is 11.9 Å². The molecule has 3 heterocycles. The van der Waals surface area contributed by atoms with E-state index in [0.29, 0.717) is 13.1 Å². The Labute approximate surface area is 155 Å². The van der Waals surface area contributed by atoms with Crippen molar-refractivity contribution in [3.63, 3.8) is 0 Å². The van der Waals surface area contributed by atoms with Gasteiger partial charge in [0.05, 0.1) is 16.8 Å². The van der Waals surface area contributed by atoms with Gasteiger partial charge in [0.2, 0.25) is 5.69 Å². The average Bonchev–Trinajstić information content (AvgIpc) is 3.15. The number of nitrogens with zero attached hydrogens (tertiary/aromatic N) is 6. The molecule has 0 atom stereocenters. The van der Waals surface area contributed by atoms with Crippen LogP contribution in [0.4, 0.5) is 11.4 Å². The Balaban J connectivity index is 1.89. The van der Waals surface area contributed by atoms with Crippen LogP contribution in [0.15, 0.2) is 6.20 Å². The van der Waals surface area contributed by atoms with Crippen LogP contribution in [-0.2, 0) is 14.1 Å². The fourth-order valence-electron chi connectivity index (χ4n) is 3.18. The highest BCUT2D eigenvalue weighted by Crippen LogP contribution is 2.25. The van der Waals surface area contributed by atoms with Crippen molar-refractivity contribution in [1.29, 1.82) is 0 Å². The zero-order chi connectivity index (χ0) is 19.7. The van der Waals surface area contributed by atoms with E-state index in [0.717, 1.165) is 19.3 Å². The number of piperidine rings is 1. The number of amides is 2. The molecular weight excluding hydrogens is 354 g/mol. The van der Waals surface area contributed by atoms with E-state index < -0.39 is 10.8 Å². The van der Waals surface area contributed by atoms with Crippen LogP contribution in [0.2, 0.25) is 0 Å². The molecule has 2 amide bonds. The van der Waals surface area contributed by atoms with Gasteiger partial charge in [0, 0.05) is 27.2 Å². The predicted molar refractivity (Wildman–Crippen MR) is 95.5 cm³/mol. The van der Waals surface area contributed by atoms with Gasteiger partial charge in [0.25, 0.3) is 11.8 Å². The lowest BCUT2D eigenvalue weighted by Crippen LogP contribution is -2.37. The quantitative estimate of drug-likeness (QED) is 0.632. The molecule has 1 N–H and O–H groups in total. The molecular formula is C16H21N7O4. The predicted octanol–water partition coefficient (Wildman–Crippen LogP) is 1.25. The van der Waals surface area contributed by atoms with Crippen LogP contribution in [0, 0.1) is 17.0 Å². The van der Waals surface area contributed by atoms with Crippen LogP contribution in [0.3, 0.4) is 0 Å². The lowest BCUT2D eigenvalue weighted by atomic mass is 10.1. The molecule has 3 rings (SSSR count). The topological polar surface area (TPSA) is 128 Å². The number of nitrogens with one attached hydrogen (secondary N) is 1. The van der Waals surface area contributed by atoms with Crippen molar-refractivity contribution in [3.05, 3.63) is 33.4 Å². The molecule has 0 spiro atoms. The van der Waals surface area contributed by atoms with Gasteiger partial charge in [-0.25, -0.2) is 0 Å². The van der Waals surface area contributed by atoms with Gasteiger partial charge in [-0.15, -0.1) is 0 Å². The molecule has 0 aromatic carbocycles. The lowest BCUT2D eigenvalue weighted by molar-refractivity contribution is -0.385. The van der Waals surface area contributed by atoms with Crippen LogP contribution in [0.25, 0.3) is 0 Å². The Bertz CT molecular complexity index is 908. The van der Waals surface area contributed by atoms with Crippen LogP contribution >= 0.6 is 0 Å². The number of hydrogen-bond acceptors (Lipinski definition) is 6. The summed E-state index contributed by atoms with van der Waals surface area (Å²) in [5.74, 6) is -0.984. The summed E-state index contributed by atoms with van der Waals surface area (Å²) in [7, 11) is 3.13. The van der Waals surface area contributed by atoms with Gasteiger partial charge in [0.1, 0.15) is 11.4 Å². The van der Waals surface area contributed by atoms with E-state index in [1.165, 1.54) is 29.5 Å². The minimum absolute atomic E-state index is 0.204.